The molecule has 162 valence electrons. The second-order valence-corrected chi connectivity index (χ2v) is 9.34. The molecule has 0 aliphatic carbocycles. The molecule has 1 aliphatic rings. The van der Waals surface area contributed by atoms with Crippen molar-refractivity contribution in [1.29, 1.82) is 5.41 Å². The lowest BCUT2D eigenvalue weighted by atomic mass is 10.0. The van der Waals surface area contributed by atoms with E-state index in [1.54, 1.807) is 0 Å². The van der Waals surface area contributed by atoms with Gasteiger partial charge in [0.05, 0.1) is 25.4 Å². The van der Waals surface area contributed by atoms with E-state index in [9.17, 15) is 0 Å². The molecule has 1 aliphatic heterocycles. The highest BCUT2D eigenvalue weighted by molar-refractivity contribution is 6.76. The van der Waals surface area contributed by atoms with E-state index in [0.717, 1.165) is 11.1 Å². The number of nitrogens with one attached hydrogen (secondary N) is 1. The van der Waals surface area contributed by atoms with Crippen LogP contribution in [0, 0.1) is 5.41 Å². The van der Waals surface area contributed by atoms with Crippen LogP contribution in [-0.4, -0.2) is 34.3 Å². The highest BCUT2D eigenvalue weighted by atomic mass is 35.6. The van der Waals surface area contributed by atoms with Gasteiger partial charge in [0, 0.05) is 6.42 Å². The Kier molecular flexibility index (Phi) is 8.40. The summed E-state index contributed by atoms with van der Waals surface area (Å²) in [7, 11) is 0. The quantitative estimate of drug-likeness (QED) is 0.321. The van der Waals surface area contributed by atoms with E-state index in [-0.39, 0.29) is 12.2 Å². The molecular formula is C22H24Cl3NO4. The Morgan fingerprint density at radius 1 is 0.933 bits per heavy atom. The summed E-state index contributed by atoms with van der Waals surface area (Å²) in [5, 5.41) is 7.89. The fraction of sp³-hybridized carbons (Fsp3) is 0.409. The Morgan fingerprint density at radius 2 is 1.43 bits per heavy atom. The molecule has 0 bridgehead atoms. The third-order valence-corrected chi connectivity index (χ3v) is 5.26. The second-order valence-electron chi connectivity index (χ2n) is 7.06. The molecule has 30 heavy (non-hydrogen) atoms. The first kappa shape index (κ1) is 23.3. The lowest BCUT2D eigenvalue weighted by Gasteiger charge is -2.40. The summed E-state index contributed by atoms with van der Waals surface area (Å²) in [5.74, 6) is -0.512. The highest BCUT2D eigenvalue weighted by Crippen LogP contribution is 2.32. The van der Waals surface area contributed by atoms with Crippen molar-refractivity contribution >= 4 is 40.7 Å². The van der Waals surface area contributed by atoms with Crippen LogP contribution in [0.4, 0.5) is 0 Å². The molecule has 3 rings (SSSR count). The molecule has 1 saturated heterocycles. The summed E-state index contributed by atoms with van der Waals surface area (Å²) in [5.41, 5.74) is 2.08. The predicted molar refractivity (Wildman–Crippen MR) is 118 cm³/mol. The third-order valence-electron chi connectivity index (χ3n) is 4.75. The lowest BCUT2D eigenvalue weighted by Crippen LogP contribution is -2.50. The van der Waals surface area contributed by atoms with Crippen LogP contribution in [0.3, 0.4) is 0 Å². The number of hydrogen-bond acceptors (Lipinski definition) is 5. The summed E-state index contributed by atoms with van der Waals surface area (Å²) in [6.45, 7) is 2.70. The van der Waals surface area contributed by atoms with E-state index in [2.05, 4.69) is 0 Å². The van der Waals surface area contributed by atoms with Crippen molar-refractivity contribution in [2.45, 2.75) is 55.0 Å². The molecule has 1 N–H and O–H groups in total. The fourth-order valence-corrected chi connectivity index (χ4v) is 3.24. The maximum absolute atomic E-state index is 7.89. The molecule has 2 aromatic rings. The maximum Gasteiger partial charge on any atom is 0.265 e. The molecule has 0 aromatic heterocycles. The fourth-order valence-electron chi connectivity index (χ4n) is 3.11. The molecule has 5 nitrogen and oxygen atoms in total. The minimum absolute atomic E-state index is 0.215. The Balaban J connectivity index is 1.66. The first-order valence-corrected chi connectivity index (χ1v) is 10.7. The van der Waals surface area contributed by atoms with Crippen LogP contribution >= 0.6 is 34.8 Å². The predicted octanol–water partition coefficient (Wildman–Crippen LogP) is 5.66. The minimum atomic E-state index is -1.97. The second kappa shape index (κ2) is 10.8. The van der Waals surface area contributed by atoms with Crippen LogP contribution in [0.2, 0.25) is 0 Å². The molecule has 4 atom stereocenters. The number of rotatable bonds is 7. The van der Waals surface area contributed by atoms with Crippen molar-refractivity contribution in [3.8, 4) is 0 Å². The average Bonchev–Trinajstić information content (AvgIpc) is 2.73. The summed E-state index contributed by atoms with van der Waals surface area (Å²) >= 11 is 17.3. The third kappa shape index (κ3) is 6.84. The zero-order valence-electron chi connectivity index (χ0n) is 16.5. The van der Waals surface area contributed by atoms with Gasteiger partial charge in [-0.15, -0.1) is 0 Å². The SMILES string of the molecule is CC1OC(OC(=N)C(Cl)(Cl)Cl)C(OCc2ccccc2)C[C@@H]1OCc1ccccc1. The summed E-state index contributed by atoms with van der Waals surface area (Å²) in [6, 6.07) is 19.7. The molecule has 0 radical (unpaired) electrons. The minimum Gasteiger partial charge on any atom is -0.445 e. The van der Waals surface area contributed by atoms with Gasteiger partial charge in [0.2, 0.25) is 12.2 Å². The largest absolute Gasteiger partial charge is 0.445 e. The van der Waals surface area contributed by atoms with Gasteiger partial charge in [-0.3, -0.25) is 5.41 Å². The van der Waals surface area contributed by atoms with Crippen LogP contribution in [0.1, 0.15) is 24.5 Å². The molecule has 1 heterocycles. The molecule has 0 saturated carbocycles. The van der Waals surface area contributed by atoms with E-state index in [0.29, 0.717) is 19.6 Å². The van der Waals surface area contributed by atoms with Gasteiger partial charge in [0.1, 0.15) is 6.10 Å². The zero-order valence-corrected chi connectivity index (χ0v) is 18.7. The van der Waals surface area contributed by atoms with Gasteiger partial charge in [-0.1, -0.05) is 95.5 Å². The summed E-state index contributed by atoms with van der Waals surface area (Å²) < 4.78 is 21.7. The van der Waals surface area contributed by atoms with Gasteiger partial charge >= 0.3 is 0 Å². The van der Waals surface area contributed by atoms with E-state index in [1.807, 2.05) is 67.6 Å². The molecule has 0 spiro atoms. The lowest BCUT2D eigenvalue weighted by molar-refractivity contribution is -0.257. The Bertz CT molecular complexity index is 801. The highest BCUT2D eigenvalue weighted by Gasteiger charge is 2.41. The zero-order chi connectivity index (χ0) is 21.6. The molecule has 3 unspecified atom stereocenters. The van der Waals surface area contributed by atoms with Crippen molar-refractivity contribution in [3.05, 3.63) is 71.8 Å². The van der Waals surface area contributed by atoms with Crippen molar-refractivity contribution in [3.63, 3.8) is 0 Å². The van der Waals surface area contributed by atoms with Gasteiger partial charge in [0.15, 0.2) is 0 Å². The average molecular weight is 473 g/mol. The molecule has 0 amide bonds. The normalized spacial score (nSPS) is 24.4. The topological polar surface area (TPSA) is 60.8 Å². The van der Waals surface area contributed by atoms with Gasteiger partial charge in [0.25, 0.3) is 3.79 Å². The number of ether oxygens (including phenoxy) is 4. The first-order chi connectivity index (χ1) is 14.3. The molecule has 2 aromatic carbocycles. The van der Waals surface area contributed by atoms with Gasteiger partial charge in [-0.2, -0.15) is 0 Å². The Hall–Kier alpha value is -1.34. The van der Waals surface area contributed by atoms with Crippen molar-refractivity contribution in [1.82, 2.24) is 0 Å². The Morgan fingerprint density at radius 3 is 1.93 bits per heavy atom. The standard InChI is InChI=1S/C22H24Cl3NO4/c1-15-18(27-13-16-8-4-2-5-9-16)12-19(28-14-17-10-6-3-7-11-17)20(29-15)30-21(26)22(23,24)25/h2-11,15,18-20,26H,12-14H2,1H3/t15?,18-,19?,20?/m0/s1. The smallest absolute Gasteiger partial charge is 0.265 e. The summed E-state index contributed by atoms with van der Waals surface area (Å²) in [6.07, 6.45) is -1.39. The van der Waals surface area contributed by atoms with Crippen LogP contribution in [0.5, 0.6) is 0 Å². The number of hydrogen-bond donors (Lipinski definition) is 1. The van der Waals surface area contributed by atoms with Crippen molar-refractivity contribution < 1.29 is 18.9 Å². The van der Waals surface area contributed by atoms with E-state index >= 15 is 0 Å². The van der Waals surface area contributed by atoms with Gasteiger partial charge < -0.3 is 18.9 Å². The van der Waals surface area contributed by atoms with E-state index < -0.39 is 22.1 Å². The molecule has 8 heteroatoms. The van der Waals surface area contributed by atoms with E-state index in [4.69, 9.17) is 59.2 Å². The summed E-state index contributed by atoms with van der Waals surface area (Å²) in [4.78, 5) is 0. The van der Waals surface area contributed by atoms with Gasteiger partial charge in [-0.25, -0.2) is 0 Å². The van der Waals surface area contributed by atoms with Crippen LogP contribution < -0.4 is 0 Å². The van der Waals surface area contributed by atoms with E-state index in [1.165, 1.54) is 0 Å². The van der Waals surface area contributed by atoms with Crippen LogP contribution in [0.15, 0.2) is 60.7 Å². The maximum atomic E-state index is 7.89. The van der Waals surface area contributed by atoms with Crippen LogP contribution in [-0.2, 0) is 32.2 Å². The molecular weight excluding hydrogens is 449 g/mol. The van der Waals surface area contributed by atoms with Gasteiger partial charge in [-0.05, 0) is 18.1 Å². The van der Waals surface area contributed by atoms with Crippen molar-refractivity contribution in [2.75, 3.05) is 0 Å². The number of halogens is 3. The van der Waals surface area contributed by atoms with Crippen LogP contribution in [0.25, 0.3) is 0 Å². The number of benzene rings is 2. The number of alkyl halides is 3. The van der Waals surface area contributed by atoms with Crippen molar-refractivity contribution in [2.24, 2.45) is 0 Å². The monoisotopic (exact) mass is 471 g/mol. The molecule has 1 fully saturated rings. The first-order valence-electron chi connectivity index (χ1n) is 9.62. The Labute approximate surface area is 191 Å².